The molecule has 2 nitrogen and oxygen atoms in total. The van der Waals surface area contributed by atoms with Crippen molar-refractivity contribution < 1.29 is 5.11 Å². The van der Waals surface area contributed by atoms with Gasteiger partial charge < -0.3 is 9.67 Å². The van der Waals surface area contributed by atoms with Gasteiger partial charge in [-0.1, -0.05) is 24.3 Å². The van der Waals surface area contributed by atoms with Gasteiger partial charge in [-0.05, 0) is 18.2 Å². The van der Waals surface area contributed by atoms with Gasteiger partial charge in [0, 0.05) is 23.6 Å². The van der Waals surface area contributed by atoms with E-state index in [1.807, 2.05) is 25.3 Å². The van der Waals surface area contributed by atoms with Crippen molar-refractivity contribution in [2.24, 2.45) is 7.05 Å². The Kier molecular flexibility index (Phi) is 2.37. The van der Waals surface area contributed by atoms with Crippen LogP contribution in [0.5, 0.6) is 0 Å². The third-order valence-electron chi connectivity index (χ3n) is 2.38. The average Bonchev–Trinajstić information content (AvgIpc) is 2.54. The van der Waals surface area contributed by atoms with E-state index < -0.39 is 0 Å². The number of aliphatic hydroxyl groups is 1. The van der Waals surface area contributed by atoms with E-state index in [1.165, 1.54) is 10.9 Å². The fourth-order valence-electron chi connectivity index (χ4n) is 1.64. The van der Waals surface area contributed by atoms with Gasteiger partial charge in [0.25, 0.3) is 0 Å². The van der Waals surface area contributed by atoms with Gasteiger partial charge in [-0.2, -0.15) is 0 Å². The SMILES string of the molecule is Cn1c(/C=C/CO)cc2ccccc21. The summed E-state index contributed by atoms with van der Waals surface area (Å²) in [4.78, 5) is 0. The van der Waals surface area contributed by atoms with E-state index in [0.717, 1.165) is 5.69 Å². The second-order valence-corrected chi connectivity index (χ2v) is 3.27. The molecule has 1 aromatic heterocycles. The third-order valence-corrected chi connectivity index (χ3v) is 2.38. The standard InChI is InChI=1S/C12H13NO/c1-13-11(6-4-8-14)9-10-5-2-3-7-12(10)13/h2-7,9,14H,8H2,1H3/b6-4+. The van der Waals surface area contributed by atoms with Crippen LogP contribution in [0, 0.1) is 0 Å². The Labute approximate surface area is 83.1 Å². The summed E-state index contributed by atoms with van der Waals surface area (Å²) < 4.78 is 2.11. The van der Waals surface area contributed by atoms with Crippen LogP contribution in [-0.4, -0.2) is 16.3 Å². The summed E-state index contributed by atoms with van der Waals surface area (Å²) in [6.45, 7) is 0.0848. The lowest BCUT2D eigenvalue weighted by molar-refractivity contribution is 0.343. The van der Waals surface area contributed by atoms with Crippen LogP contribution >= 0.6 is 0 Å². The van der Waals surface area contributed by atoms with Gasteiger partial charge >= 0.3 is 0 Å². The Bertz CT molecular complexity index is 468. The lowest BCUT2D eigenvalue weighted by atomic mass is 10.2. The summed E-state index contributed by atoms with van der Waals surface area (Å²) in [5, 5.41) is 9.93. The van der Waals surface area contributed by atoms with Gasteiger partial charge in [-0.3, -0.25) is 0 Å². The third kappa shape index (κ3) is 1.44. The zero-order chi connectivity index (χ0) is 9.97. The minimum atomic E-state index is 0.0848. The van der Waals surface area contributed by atoms with Crippen molar-refractivity contribution >= 4 is 17.0 Å². The molecule has 2 aromatic rings. The quantitative estimate of drug-likeness (QED) is 0.766. The summed E-state index contributed by atoms with van der Waals surface area (Å²) in [5.41, 5.74) is 2.32. The molecular weight excluding hydrogens is 174 g/mol. The fraction of sp³-hybridized carbons (Fsp3) is 0.167. The smallest absolute Gasteiger partial charge is 0.0616 e. The highest BCUT2D eigenvalue weighted by atomic mass is 16.2. The lowest BCUT2D eigenvalue weighted by Crippen LogP contribution is -1.89. The molecule has 14 heavy (non-hydrogen) atoms. The molecule has 1 N–H and O–H groups in total. The van der Waals surface area contributed by atoms with Gasteiger partial charge in [0.05, 0.1) is 6.61 Å². The number of fused-ring (bicyclic) bond motifs is 1. The number of benzene rings is 1. The van der Waals surface area contributed by atoms with E-state index in [4.69, 9.17) is 5.11 Å². The normalized spacial score (nSPS) is 11.6. The molecule has 2 heteroatoms. The van der Waals surface area contributed by atoms with Crippen molar-refractivity contribution in [2.75, 3.05) is 6.61 Å². The first kappa shape index (κ1) is 9.03. The molecule has 0 aliphatic carbocycles. The molecule has 0 aliphatic heterocycles. The van der Waals surface area contributed by atoms with Gasteiger partial charge in [0.2, 0.25) is 0 Å². The first-order chi connectivity index (χ1) is 6.83. The minimum absolute atomic E-state index is 0.0848. The van der Waals surface area contributed by atoms with E-state index in [-0.39, 0.29) is 6.61 Å². The van der Waals surface area contributed by atoms with Gasteiger partial charge in [0.1, 0.15) is 0 Å². The van der Waals surface area contributed by atoms with Crippen LogP contribution in [0.1, 0.15) is 5.69 Å². The number of hydrogen-bond acceptors (Lipinski definition) is 1. The molecule has 0 atom stereocenters. The van der Waals surface area contributed by atoms with Crippen LogP contribution in [-0.2, 0) is 7.05 Å². The Morgan fingerprint density at radius 1 is 1.36 bits per heavy atom. The van der Waals surface area contributed by atoms with E-state index >= 15 is 0 Å². The number of rotatable bonds is 2. The maximum atomic E-state index is 8.70. The predicted octanol–water partition coefficient (Wildman–Crippen LogP) is 2.18. The molecule has 72 valence electrons. The van der Waals surface area contributed by atoms with Crippen molar-refractivity contribution in [3.63, 3.8) is 0 Å². The van der Waals surface area contributed by atoms with Gasteiger partial charge in [-0.25, -0.2) is 0 Å². The highest BCUT2D eigenvalue weighted by Gasteiger charge is 2.00. The second kappa shape index (κ2) is 3.68. The molecule has 0 spiro atoms. The van der Waals surface area contributed by atoms with Gasteiger partial charge in [-0.15, -0.1) is 0 Å². The highest BCUT2D eigenvalue weighted by Crippen LogP contribution is 2.18. The largest absolute Gasteiger partial charge is 0.392 e. The van der Waals surface area contributed by atoms with Gasteiger partial charge in [0.15, 0.2) is 0 Å². The molecule has 0 radical (unpaired) electrons. The van der Waals surface area contributed by atoms with E-state index in [0.29, 0.717) is 0 Å². The number of nitrogens with zero attached hydrogens (tertiary/aromatic N) is 1. The maximum Gasteiger partial charge on any atom is 0.0616 e. The summed E-state index contributed by atoms with van der Waals surface area (Å²) in [5.74, 6) is 0. The average molecular weight is 187 g/mol. The zero-order valence-corrected chi connectivity index (χ0v) is 8.14. The maximum absolute atomic E-state index is 8.70. The Morgan fingerprint density at radius 2 is 2.14 bits per heavy atom. The molecule has 0 fully saturated rings. The van der Waals surface area contributed by atoms with Crippen LogP contribution < -0.4 is 0 Å². The topological polar surface area (TPSA) is 25.2 Å². The van der Waals surface area contributed by atoms with E-state index in [2.05, 4.69) is 22.8 Å². The number of para-hydroxylation sites is 1. The van der Waals surface area contributed by atoms with Crippen molar-refractivity contribution in [3.8, 4) is 0 Å². The molecule has 2 rings (SSSR count). The first-order valence-electron chi connectivity index (χ1n) is 4.65. The Hall–Kier alpha value is -1.54. The summed E-state index contributed by atoms with van der Waals surface area (Å²) in [7, 11) is 2.03. The monoisotopic (exact) mass is 187 g/mol. The van der Waals surface area contributed by atoms with Crippen LogP contribution in [0.2, 0.25) is 0 Å². The lowest BCUT2D eigenvalue weighted by Gasteiger charge is -1.98. The van der Waals surface area contributed by atoms with E-state index in [1.54, 1.807) is 6.08 Å². The molecule has 1 heterocycles. The summed E-state index contributed by atoms with van der Waals surface area (Å²) in [6, 6.07) is 10.3. The highest BCUT2D eigenvalue weighted by molar-refractivity contribution is 5.83. The molecular formula is C12H13NO. The zero-order valence-electron chi connectivity index (χ0n) is 8.14. The van der Waals surface area contributed by atoms with Crippen LogP contribution in [0.15, 0.2) is 36.4 Å². The van der Waals surface area contributed by atoms with Crippen molar-refractivity contribution in [2.45, 2.75) is 0 Å². The second-order valence-electron chi connectivity index (χ2n) is 3.27. The van der Waals surface area contributed by atoms with Crippen LogP contribution in [0.3, 0.4) is 0 Å². The Morgan fingerprint density at radius 3 is 2.86 bits per heavy atom. The number of aryl methyl sites for hydroxylation is 1. The molecule has 0 aliphatic rings. The number of hydrogen-bond donors (Lipinski definition) is 1. The number of aliphatic hydroxyl groups excluding tert-OH is 1. The van der Waals surface area contributed by atoms with E-state index in [9.17, 15) is 0 Å². The fourth-order valence-corrected chi connectivity index (χ4v) is 1.64. The Balaban J connectivity index is 2.57. The van der Waals surface area contributed by atoms with Crippen LogP contribution in [0.4, 0.5) is 0 Å². The summed E-state index contributed by atoms with van der Waals surface area (Å²) in [6.07, 6.45) is 3.67. The van der Waals surface area contributed by atoms with Crippen LogP contribution in [0.25, 0.3) is 17.0 Å². The molecule has 0 saturated heterocycles. The summed E-state index contributed by atoms with van der Waals surface area (Å²) >= 11 is 0. The number of aromatic nitrogens is 1. The molecule has 1 aromatic carbocycles. The molecule has 0 bridgehead atoms. The van der Waals surface area contributed by atoms with Crippen molar-refractivity contribution in [3.05, 3.63) is 42.1 Å². The molecule has 0 amide bonds. The minimum Gasteiger partial charge on any atom is -0.392 e. The molecule has 0 saturated carbocycles. The van der Waals surface area contributed by atoms with Crippen molar-refractivity contribution in [1.82, 2.24) is 4.57 Å². The van der Waals surface area contributed by atoms with Crippen molar-refractivity contribution in [1.29, 1.82) is 0 Å². The molecule has 0 unspecified atom stereocenters. The predicted molar refractivity (Wildman–Crippen MR) is 59.0 cm³/mol. The first-order valence-corrected chi connectivity index (χ1v) is 4.65.